The fraction of sp³-hybridized carbons (Fsp3) is 0.136. The lowest BCUT2D eigenvalue weighted by Gasteiger charge is -2.23. The van der Waals surface area contributed by atoms with Gasteiger partial charge in [0.1, 0.15) is 5.82 Å². The van der Waals surface area contributed by atoms with E-state index in [9.17, 15) is 17.6 Å². The molecule has 0 saturated carbocycles. The summed E-state index contributed by atoms with van der Waals surface area (Å²) < 4.78 is 41.9. The number of hydrogen-bond acceptors (Lipinski definition) is 3. The first kappa shape index (κ1) is 21.8. The van der Waals surface area contributed by atoms with Crippen LogP contribution in [0.3, 0.4) is 0 Å². The highest BCUT2D eigenvalue weighted by Gasteiger charge is 2.26. The lowest BCUT2D eigenvalue weighted by Crippen LogP contribution is -2.31. The predicted octanol–water partition coefficient (Wildman–Crippen LogP) is 5.26. The number of amides is 1. The van der Waals surface area contributed by atoms with Crippen molar-refractivity contribution in [2.45, 2.75) is 18.7 Å². The molecule has 0 radical (unpaired) electrons. The Morgan fingerprint density at radius 1 is 1.07 bits per heavy atom. The van der Waals surface area contributed by atoms with Gasteiger partial charge in [-0.15, -0.1) is 0 Å². The summed E-state index contributed by atoms with van der Waals surface area (Å²) in [7, 11) is -4.00. The standard InChI is InChI=1S/C22H20ClFN2O3S/c1-3-26(16-8-5-4-6-9-16)30(28,29)17-12-13-20(24)18(14-17)22(27)25-21-11-7-10-19(23)15(21)2/h4-14H,3H2,1-2H3,(H,25,27). The van der Waals surface area contributed by atoms with Crippen molar-refractivity contribution in [1.82, 2.24) is 0 Å². The van der Waals surface area contributed by atoms with Gasteiger partial charge in [0.2, 0.25) is 0 Å². The summed E-state index contributed by atoms with van der Waals surface area (Å²) in [6.07, 6.45) is 0. The minimum atomic E-state index is -4.00. The number of para-hydroxylation sites is 1. The van der Waals surface area contributed by atoms with Crippen molar-refractivity contribution in [1.29, 1.82) is 0 Å². The first-order chi connectivity index (χ1) is 14.3. The molecule has 5 nitrogen and oxygen atoms in total. The SMILES string of the molecule is CCN(c1ccccc1)S(=O)(=O)c1ccc(F)c(C(=O)Nc2cccc(Cl)c2C)c1. The highest BCUT2D eigenvalue weighted by atomic mass is 35.5. The highest BCUT2D eigenvalue weighted by molar-refractivity contribution is 7.92. The Bertz CT molecular complexity index is 1180. The molecule has 0 unspecified atom stereocenters. The van der Waals surface area contributed by atoms with Crippen LogP contribution in [0.1, 0.15) is 22.8 Å². The number of hydrogen-bond donors (Lipinski definition) is 1. The van der Waals surface area contributed by atoms with Crippen molar-refractivity contribution >= 4 is 38.9 Å². The van der Waals surface area contributed by atoms with Crippen molar-refractivity contribution in [2.75, 3.05) is 16.2 Å². The van der Waals surface area contributed by atoms with Crippen LogP contribution in [0.4, 0.5) is 15.8 Å². The maximum Gasteiger partial charge on any atom is 0.264 e. The van der Waals surface area contributed by atoms with E-state index >= 15 is 0 Å². The molecule has 3 rings (SSSR count). The molecular weight excluding hydrogens is 427 g/mol. The second-order valence-electron chi connectivity index (χ2n) is 6.51. The molecule has 0 aliphatic heterocycles. The summed E-state index contributed by atoms with van der Waals surface area (Å²) in [5.74, 6) is -1.59. The molecule has 0 atom stereocenters. The van der Waals surface area contributed by atoms with Crippen LogP contribution in [-0.2, 0) is 10.0 Å². The number of benzene rings is 3. The summed E-state index contributed by atoms with van der Waals surface area (Å²) >= 11 is 6.06. The molecule has 3 aromatic carbocycles. The summed E-state index contributed by atoms with van der Waals surface area (Å²) in [6, 6.07) is 16.7. The average Bonchev–Trinajstić information content (AvgIpc) is 2.72. The van der Waals surface area contributed by atoms with Gasteiger partial charge in [0.05, 0.1) is 16.1 Å². The van der Waals surface area contributed by atoms with Gasteiger partial charge in [0.15, 0.2) is 0 Å². The Labute approximate surface area is 180 Å². The zero-order chi connectivity index (χ0) is 21.9. The summed E-state index contributed by atoms with van der Waals surface area (Å²) in [4.78, 5) is 12.5. The summed E-state index contributed by atoms with van der Waals surface area (Å²) in [5, 5.41) is 3.04. The number of anilines is 2. The molecule has 0 aromatic heterocycles. The predicted molar refractivity (Wildman–Crippen MR) is 117 cm³/mol. The van der Waals surface area contributed by atoms with E-state index in [-0.39, 0.29) is 17.0 Å². The monoisotopic (exact) mass is 446 g/mol. The Kier molecular flexibility index (Phi) is 6.43. The van der Waals surface area contributed by atoms with Gasteiger partial charge < -0.3 is 5.32 Å². The smallest absolute Gasteiger partial charge is 0.264 e. The summed E-state index contributed by atoms with van der Waals surface area (Å²) in [6.45, 7) is 3.59. The van der Waals surface area contributed by atoms with Gasteiger partial charge in [0.25, 0.3) is 15.9 Å². The number of halogens is 2. The molecule has 3 aromatic rings. The molecule has 30 heavy (non-hydrogen) atoms. The molecule has 0 heterocycles. The van der Waals surface area contributed by atoms with Crippen LogP contribution < -0.4 is 9.62 Å². The average molecular weight is 447 g/mol. The molecule has 8 heteroatoms. The maximum absolute atomic E-state index is 14.4. The largest absolute Gasteiger partial charge is 0.322 e. The third kappa shape index (κ3) is 4.32. The van der Waals surface area contributed by atoms with Crippen molar-refractivity contribution in [2.24, 2.45) is 0 Å². The first-order valence-corrected chi connectivity index (χ1v) is 11.0. The molecule has 1 N–H and O–H groups in total. The number of nitrogens with one attached hydrogen (secondary N) is 1. The number of sulfonamides is 1. The molecule has 0 saturated heterocycles. The van der Waals surface area contributed by atoms with E-state index in [1.54, 1.807) is 62.4 Å². The topological polar surface area (TPSA) is 66.5 Å². The van der Waals surface area contributed by atoms with Gasteiger partial charge in [-0.2, -0.15) is 0 Å². The first-order valence-electron chi connectivity index (χ1n) is 9.19. The minimum absolute atomic E-state index is 0.174. The molecule has 0 fully saturated rings. The van der Waals surface area contributed by atoms with E-state index in [0.29, 0.717) is 22.0 Å². The second-order valence-corrected chi connectivity index (χ2v) is 8.78. The van der Waals surface area contributed by atoms with E-state index in [1.165, 1.54) is 4.31 Å². The Morgan fingerprint density at radius 3 is 2.43 bits per heavy atom. The molecule has 0 spiro atoms. The molecule has 0 aliphatic rings. The van der Waals surface area contributed by atoms with Crippen molar-refractivity contribution in [3.63, 3.8) is 0 Å². The quantitative estimate of drug-likeness (QED) is 0.562. The lowest BCUT2D eigenvalue weighted by atomic mass is 10.1. The van der Waals surface area contributed by atoms with E-state index < -0.39 is 21.7 Å². The molecule has 1 amide bonds. The zero-order valence-corrected chi connectivity index (χ0v) is 18.0. The van der Waals surface area contributed by atoms with Crippen LogP contribution in [0.5, 0.6) is 0 Å². The lowest BCUT2D eigenvalue weighted by molar-refractivity contribution is 0.102. The van der Waals surface area contributed by atoms with E-state index in [0.717, 1.165) is 18.2 Å². The van der Waals surface area contributed by atoms with Gasteiger partial charge in [-0.1, -0.05) is 35.9 Å². The van der Waals surface area contributed by atoms with Crippen LogP contribution in [0.25, 0.3) is 0 Å². The summed E-state index contributed by atoms with van der Waals surface area (Å²) in [5.41, 5.74) is 1.14. The molecule has 0 bridgehead atoms. The van der Waals surface area contributed by atoms with Crippen LogP contribution >= 0.6 is 11.6 Å². The van der Waals surface area contributed by atoms with Crippen molar-refractivity contribution < 1.29 is 17.6 Å². The highest BCUT2D eigenvalue weighted by Crippen LogP contribution is 2.26. The van der Waals surface area contributed by atoms with E-state index in [2.05, 4.69) is 5.32 Å². The fourth-order valence-electron chi connectivity index (χ4n) is 2.98. The fourth-order valence-corrected chi connectivity index (χ4v) is 4.66. The van der Waals surface area contributed by atoms with Crippen LogP contribution in [-0.4, -0.2) is 20.9 Å². The number of rotatable bonds is 6. The van der Waals surface area contributed by atoms with Gasteiger partial charge in [-0.25, -0.2) is 12.8 Å². The Hall–Kier alpha value is -2.90. The number of nitrogens with zero attached hydrogens (tertiary/aromatic N) is 1. The van der Waals surface area contributed by atoms with Crippen LogP contribution in [0, 0.1) is 12.7 Å². The van der Waals surface area contributed by atoms with E-state index in [4.69, 9.17) is 11.6 Å². The molecule has 156 valence electrons. The number of carbonyl (C=O) groups is 1. The van der Waals surface area contributed by atoms with Crippen molar-refractivity contribution in [3.05, 3.63) is 88.7 Å². The van der Waals surface area contributed by atoms with Crippen LogP contribution in [0.2, 0.25) is 5.02 Å². The van der Waals surface area contributed by atoms with Gasteiger partial charge in [0, 0.05) is 17.3 Å². The van der Waals surface area contributed by atoms with Crippen molar-refractivity contribution in [3.8, 4) is 0 Å². The number of carbonyl (C=O) groups excluding carboxylic acids is 1. The maximum atomic E-state index is 14.4. The second kappa shape index (κ2) is 8.85. The molecular formula is C22H20ClFN2O3S. The van der Waals surface area contributed by atoms with Gasteiger partial charge in [-0.05, 0) is 61.9 Å². The zero-order valence-electron chi connectivity index (χ0n) is 16.4. The Balaban J connectivity index is 1.98. The molecule has 0 aliphatic carbocycles. The third-order valence-corrected chi connectivity index (χ3v) is 6.93. The van der Waals surface area contributed by atoms with Gasteiger partial charge >= 0.3 is 0 Å². The van der Waals surface area contributed by atoms with Gasteiger partial charge in [-0.3, -0.25) is 9.10 Å². The van der Waals surface area contributed by atoms with E-state index in [1.807, 2.05) is 0 Å². The minimum Gasteiger partial charge on any atom is -0.322 e. The van der Waals surface area contributed by atoms with Crippen LogP contribution in [0.15, 0.2) is 71.6 Å². The third-order valence-electron chi connectivity index (χ3n) is 4.62. The normalized spacial score (nSPS) is 11.2. The Morgan fingerprint density at radius 2 is 1.77 bits per heavy atom.